The van der Waals surface area contributed by atoms with Gasteiger partial charge in [0.1, 0.15) is 0 Å². The van der Waals surface area contributed by atoms with Crippen LogP contribution in [-0.2, 0) is 30.4 Å². The second-order valence-electron chi connectivity index (χ2n) is 7.90. The summed E-state index contributed by atoms with van der Waals surface area (Å²) in [7, 11) is 2.57. The van der Waals surface area contributed by atoms with Gasteiger partial charge in [0.15, 0.2) is 5.41 Å². The van der Waals surface area contributed by atoms with Crippen molar-refractivity contribution in [1.82, 2.24) is 0 Å². The summed E-state index contributed by atoms with van der Waals surface area (Å²) in [6.45, 7) is 0.538. The zero-order valence-corrected chi connectivity index (χ0v) is 19.6. The van der Waals surface area contributed by atoms with Gasteiger partial charge < -0.3 is 14.2 Å². The molecule has 0 fully saturated rings. The van der Waals surface area contributed by atoms with Crippen molar-refractivity contribution in [3.05, 3.63) is 114 Å². The van der Waals surface area contributed by atoms with Crippen molar-refractivity contribution in [2.24, 2.45) is 5.41 Å². The van der Waals surface area contributed by atoms with Crippen molar-refractivity contribution in [3.8, 4) is 0 Å². The Hall–Kier alpha value is -3.70. The summed E-state index contributed by atoms with van der Waals surface area (Å²) in [5.74, 6) is -1.95. The van der Waals surface area contributed by atoms with Gasteiger partial charge in [0, 0.05) is 12.5 Å². The van der Waals surface area contributed by atoms with E-state index in [2.05, 4.69) is 0 Å². The number of rotatable bonds is 11. The summed E-state index contributed by atoms with van der Waals surface area (Å²) >= 11 is 0. The van der Waals surface area contributed by atoms with Gasteiger partial charge in [0.05, 0.1) is 20.8 Å². The van der Waals surface area contributed by atoms with Crippen molar-refractivity contribution >= 4 is 18.0 Å². The predicted molar refractivity (Wildman–Crippen MR) is 132 cm³/mol. The Morgan fingerprint density at radius 1 is 0.794 bits per heavy atom. The third kappa shape index (κ3) is 6.00. The highest BCUT2D eigenvalue weighted by molar-refractivity contribution is 6.01. The first-order chi connectivity index (χ1) is 16.6. The third-order valence-corrected chi connectivity index (χ3v) is 5.82. The van der Waals surface area contributed by atoms with E-state index < -0.39 is 23.3 Å². The molecule has 0 bridgehead atoms. The zero-order valence-electron chi connectivity index (χ0n) is 19.6. The van der Waals surface area contributed by atoms with Crippen LogP contribution in [-0.4, -0.2) is 32.8 Å². The lowest BCUT2D eigenvalue weighted by Gasteiger charge is -2.34. The van der Waals surface area contributed by atoms with E-state index in [1.165, 1.54) is 14.2 Å². The number of methoxy groups -OCH3 is 2. The van der Waals surface area contributed by atoms with Crippen molar-refractivity contribution in [2.75, 3.05) is 20.8 Å². The maximum absolute atomic E-state index is 13.3. The summed E-state index contributed by atoms with van der Waals surface area (Å²) in [5, 5.41) is 0. The summed E-state index contributed by atoms with van der Waals surface area (Å²) in [6, 6.07) is 28.9. The first kappa shape index (κ1) is 24.9. The largest absolute Gasteiger partial charge is 0.468 e. The highest BCUT2D eigenvalue weighted by Crippen LogP contribution is 2.43. The lowest BCUT2D eigenvalue weighted by Crippen LogP contribution is -2.46. The lowest BCUT2D eigenvalue weighted by atomic mass is 9.69. The minimum atomic E-state index is -1.62. The van der Waals surface area contributed by atoms with Crippen molar-refractivity contribution in [3.63, 3.8) is 0 Å². The summed E-state index contributed by atoms with van der Waals surface area (Å²) < 4.78 is 16.2. The Morgan fingerprint density at radius 3 is 1.88 bits per heavy atom. The van der Waals surface area contributed by atoms with Gasteiger partial charge in [0.2, 0.25) is 0 Å². The lowest BCUT2D eigenvalue weighted by molar-refractivity contribution is -0.172. The van der Waals surface area contributed by atoms with Crippen LogP contribution in [0.5, 0.6) is 0 Å². The molecule has 5 heteroatoms. The van der Waals surface area contributed by atoms with Gasteiger partial charge in [-0.25, -0.2) is 0 Å². The Morgan fingerprint density at radius 2 is 1.32 bits per heavy atom. The van der Waals surface area contributed by atoms with Gasteiger partial charge >= 0.3 is 11.9 Å². The number of benzene rings is 3. The number of hydrogen-bond acceptors (Lipinski definition) is 5. The first-order valence-corrected chi connectivity index (χ1v) is 11.2. The first-order valence-electron chi connectivity index (χ1n) is 11.2. The normalized spacial score (nSPS) is 12.3. The topological polar surface area (TPSA) is 61.8 Å². The van der Waals surface area contributed by atoms with Crippen LogP contribution in [0.3, 0.4) is 0 Å². The average molecular weight is 459 g/mol. The molecule has 0 aliphatic heterocycles. The van der Waals surface area contributed by atoms with E-state index >= 15 is 0 Å². The second kappa shape index (κ2) is 12.5. The van der Waals surface area contributed by atoms with Crippen LogP contribution in [0.4, 0.5) is 0 Å². The van der Waals surface area contributed by atoms with E-state index in [9.17, 15) is 9.59 Å². The molecule has 0 unspecified atom stereocenters. The molecule has 0 aliphatic carbocycles. The number of carbonyl (C=O) groups excluding carboxylic acids is 2. The molecule has 0 aromatic heterocycles. The smallest absolute Gasteiger partial charge is 0.324 e. The maximum Gasteiger partial charge on any atom is 0.324 e. The molecule has 0 amide bonds. The zero-order chi connectivity index (χ0) is 24.2. The molecule has 3 aromatic rings. The fourth-order valence-corrected chi connectivity index (χ4v) is 4.05. The third-order valence-electron chi connectivity index (χ3n) is 5.82. The standard InChI is InChI=1S/C29H30O5/c1-32-27(30)29(28(31)33-2,20-21-34-22-24-14-8-4-9-15-24)26(25-16-10-5-11-17-25)19-18-23-12-6-3-7-13-23/h3-19,26H,20-22H2,1-2H3/b19-18+/t26-/m1/s1. The number of hydrogen-bond donors (Lipinski definition) is 0. The monoisotopic (exact) mass is 458 g/mol. The van der Waals surface area contributed by atoms with Crippen LogP contribution in [0.2, 0.25) is 0 Å². The van der Waals surface area contributed by atoms with Crippen LogP contribution < -0.4 is 0 Å². The number of allylic oxidation sites excluding steroid dienone is 1. The average Bonchev–Trinajstić information content (AvgIpc) is 2.90. The quantitative estimate of drug-likeness (QED) is 0.218. The van der Waals surface area contributed by atoms with E-state index in [1.54, 1.807) is 0 Å². The Bertz CT molecular complexity index is 1050. The fraction of sp³-hybridized carbons (Fsp3) is 0.241. The van der Waals surface area contributed by atoms with E-state index in [4.69, 9.17) is 14.2 Å². The molecule has 5 nitrogen and oxygen atoms in total. The van der Waals surface area contributed by atoms with Crippen LogP contribution in [0, 0.1) is 5.41 Å². The summed E-state index contributed by atoms with van der Waals surface area (Å²) in [5.41, 5.74) is 1.14. The van der Waals surface area contributed by atoms with Gasteiger partial charge in [-0.2, -0.15) is 0 Å². The van der Waals surface area contributed by atoms with Crippen LogP contribution in [0.25, 0.3) is 6.08 Å². The molecule has 0 saturated carbocycles. The van der Waals surface area contributed by atoms with E-state index in [0.29, 0.717) is 6.61 Å². The molecule has 3 aromatic carbocycles. The van der Waals surface area contributed by atoms with Gasteiger partial charge in [-0.05, 0) is 23.1 Å². The summed E-state index contributed by atoms with van der Waals surface area (Å²) in [6.07, 6.45) is 3.87. The predicted octanol–water partition coefficient (Wildman–Crippen LogP) is 5.42. The van der Waals surface area contributed by atoms with Crippen molar-refractivity contribution < 1.29 is 23.8 Å². The van der Waals surface area contributed by atoms with Crippen LogP contribution >= 0.6 is 0 Å². The Balaban J connectivity index is 1.98. The minimum Gasteiger partial charge on any atom is -0.468 e. The van der Waals surface area contributed by atoms with Crippen LogP contribution in [0.1, 0.15) is 29.0 Å². The van der Waals surface area contributed by atoms with E-state index in [0.717, 1.165) is 16.7 Å². The Kier molecular flexibility index (Phi) is 9.18. The van der Waals surface area contributed by atoms with Gasteiger partial charge in [0.25, 0.3) is 0 Å². The maximum atomic E-state index is 13.3. The van der Waals surface area contributed by atoms with Gasteiger partial charge in [-0.15, -0.1) is 0 Å². The molecule has 0 heterocycles. The number of ether oxygens (including phenoxy) is 3. The molecule has 0 saturated heterocycles. The molecular formula is C29H30O5. The molecule has 34 heavy (non-hydrogen) atoms. The highest BCUT2D eigenvalue weighted by atomic mass is 16.5. The number of esters is 2. The molecule has 1 atom stereocenters. The Labute approximate surface area is 201 Å². The van der Waals surface area contributed by atoms with Crippen molar-refractivity contribution in [2.45, 2.75) is 18.9 Å². The molecule has 0 spiro atoms. The minimum absolute atomic E-state index is 0.0951. The molecular weight excluding hydrogens is 428 g/mol. The second-order valence-corrected chi connectivity index (χ2v) is 7.90. The molecule has 0 aliphatic rings. The van der Waals surface area contributed by atoms with E-state index in [-0.39, 0.29) is 13.0 Å². The van der Waals surface area contributed by atoms with Gasteiger partial charge in [-0.1, -0.05) is 103 Å². The molecule has 3 rings (SSSR count). The molecule has 176 valence electrons. The SMILES string of the molecule is COC(=O)C(CCOCc1ccccc1)(C(=O)OC)[C@H](/C=C/c1ccccc1)c1ccccc1. The van der Waals surface area contributed by atoms with E-state index in [1.807, 2.05) is 103 Å². The highest BCUT2D eigenvalue weighted by Gasteiger charge is 2.54. The summed E-state index contributed by atoms with van der Waals surface area (Å²) in [4.78, 5) is 26.6. The van der Waals surface area contributed by atoms with Crippen LogP contribution in [0.15, 0.2) is 97.1 Å². The van der Waals surface area contributed by atoms with Crippen molar-refractivity contribution in [1.29, 1.82) is 0 Å². The fourth-order valence-electron chi connectivity index (χ4n) is 4.05. The molecule has 0 N–H and O–H groups in total. The van der Waals surface area contributed by atoms with Gasteiger partial charge in [-0.3, -0.25) is 9.59 Å². The molecule has 0 radical (unpaired) electrons. The number of carbonyl (C=O) groups is 2.